The lowest BCUT2D eigenvalue weighted by molar-refractivity contribution is 0.0838. The van der Waals surface area contributed by atoms with E-state index in [2.05, 4.69) is 122 Å². The van der Waals surface area contributed by atoms with Crippen molar-refractivity contribution in [1.29, 1.82) is 0 Å². The standard InChI is InChI=1S/C40H70N6/c1-14-15-16-17-18-40(44-37(22-31(8)9)25-34(41-44)19-28(2)3,45-38(23-32(10)11)26-35(42-45)20-29(4)5)46-39(24-33(12)13)27-36(43-46)21-30(6)7/h25-33H,14-24H2,1-13H3. The summed E-state index contributed by atoms with van der Waals surface area (Å²) in [4.78, 5) is 0. The van der Waals surface area contributed by atoms with Crippen molar-refractivity contribution in [2.45, 2.75) is 166 Å². The molecule has 3 rings (SSSR count). The fourth-order valence-electron chi connectivity index (χ4n) is 6.98. The SMILES string of the molecule is CCCCCCC(n1nc(CC(C)C)cc1CC(C)C)(n1nc(CC(C)C)cc1CC(C)C)n1nc(CC(C)C)cc1CC(C)C. The highest BCUT2D eigenvalue weighted by Crippen LogP contribution is 2.36. The van der Waals surface area contributed by atoms with Gasteiger partial charge in [-0.25, -0.2) is 14.0 Å². The molecule has 0 fully saturated rings. The monoisotopic (exact) mass is 635 g/mol. The predicted octanol–water partition coefficient (Wildman–Crippen LogP) is 10.1. The van der Waals surface area contributed by atoms with Crippen LogP contribution in [0, 0.1) is 35.5 Å². The average Bonchev–Trinajstić information content (AvgIpc) is 3.60. The Morgan fingerprint density at radius 1 is 0.457 bits per heavy atom. The van der Waals surface area contributed by atoms with E-state index in [0.717, 1.165) is 51.4 Å². The molecule has 0 aliphatic rings. The summed E-state index contributed by atoms with van der Waals surface area (Å²) in [7, 11) is 0. The molecule has 0 spiro atoms. The molecule has 0 saturated heterocycles. The number of hydrogen-bond acceptors (Lipinski definition) is 3. The van der Waals surface area contributed by atoms with E-state index < -0.39 is 5.79 Å². The minimum Gasteiger partial charge on any atom is -0.221 e. The maximum Gasteiger partial charge on any atom is 0.249 e. The lowest BCUT2D eigenvalue weighted by Crippen LogP contribution is -2.52. The van der Waals surface area contributed by atoms with Crippen LogP contribution >= 0.6 is 0 Å². The molecule has 0 bridgehead atoms. The number of rotatable bonds is 20. The van der Waals surface area contributed by atoms with Crippen molar-refractivity contribution >= 4 is 0 Å². The summed E-state index contributed by atoms with van der Waals surface area (Å²) < 4.78 is 7.26. The maximum absolute atomic E-state index is 5.60. The fourth-order valence-corrected chi connectivity index (χ4v) is 6.98. The Kier molecular flexibility index (Phi) is 14.2. The summed E-state index contributed by atoms with van der Waals surface area (Å²) in [5, 5.41) is 16.8. The predicted molar refractivity (Wildman–Crippen MR) is 195 cm³/mol. The van der Waals surface area contributed by atoms with Crippen LogP contribution in [0.1, 0.15) is 156 Å². The first-order chi connectivity index (χ1) is 21.7. The quantitative estimate of drug-likeness (QED) is 0.116. The van der Waals surface area contributed by atoms with E-state index >= 15 is 0 Å². The van der Waals surface area contributed by atoms with Gasteiger partial charge in [0.2, 0.25) is 5.79 Å². The van der Waals surface area contributed by atoms with Crippen molar-refractivity contribution in [3.8, 4) is 0 Å². The lowest BCUT2D eigenvalue weighted by Gasteiger charge is -2.39. The molecule has 3 aromatic heterocycles. The molecule has 0 aliphatic heterocycles. The summed E-state index contributed by atoms with van der Waals surface area (Å²) in [5.41, 5.74) is 7.45. The van der Waals surface area contributed by atoms with Crippen LogP contribution in [-0.2, 0) is 44.3 Å². The van der Waals surface area contributed by atoms with Gasteiger partial charge in [-0.05, 0) is 98.7 Å². The van der Waals surface area contributed by atoms with Crippen LogP contribution in [0.3, 0.4) is 0 Å². The second-order valence-corrected chi connectivity index (χ2v) is 16.8. The Morgan fingerprint density at radius 2 is 0.761 bits per heavy atom. The van der Waals surface area contributed by atoms with Crippen LogP contribution < -0.4 is 0 Å². The van der Waals surface area contributed by atoms with Crippen molar-refractivity contribution in [2.75, 3.05) is 0 Å². The van der Waals surface area contributed by atoms with Crippen LogP contribution in [0.4, 0.5) is 0 Å². The summed E-state index contributed by atoms with van der Waals surface area (Å²) in [6.45, 7) is 30.1. The first-order valence-corrected chi connectivity index (χ1v) is 18.9. The highest BCUT2D eigenvalue weighted by Gasteiger charge is 2.44. The molecule has 0 amide bonds. The van der Waals surface area contributed by atoms with Crippen molar-refractivity contribution in [3.63, 3.8) is 0 Å². The van der Waals surface area contributed by atoms with Crippen molar-refractivity contribution < 1.29 is 0 Å². The van der Waals surface area contributed by atoms with E-state index in [1.54, 1.807) is 0 Å². The summed E-state index contributed by atoms with van der Waals surface area (Å²) >= 11 is 0. The zero-order valence-corrected chi connectivity index (χ0v) is 32.2. The van der Waals surface area contributed by atoms with Crippen LogP contribution in [0.25, 0.3) is 0 Å². The number of aromatic nitrogens is 6. The van der Waals surface area contributed by atoms with Gasteiger partial charge >= 0.3 is 0 Å². The zero-order valence-electron chi connectivity index (χ0n) is 32.2. The molecule has 0 aliphatic carbocycles. The van der Waals surface area contributed by atoms with Crippen LogP contribution in [-0.4, -0.2) is 29.3 Å². The van der Waals surface area contributed by atoms with E-state index in [4.69, 9.17) is 15.3 Å². The molecular weight excluding hydrogens is 564 g/mol. The van der Waals surface area contributed by atoms with Gasteiger partial charge in [0.15, 0.2) is 0 Å². The second kappa shape index (κ2) is 17.2. The van der Waals surface area contributed by atoms with Gasteiger partial charge < -0.3 is 0 Å². The minimum atomic E-state index is -0.702. The molecule has 0 aromatic carbocycles. The molecule has 0 atom stereocenters. The Bertz CT molecular complexity index is 1160. The van der Waals surface area contributed by atoms with E-state index in [0.29, 0.717) is 35.5 Å². The number of unbranched alkanes of at least 4 members (excludes halogenated alkanes) is 3. The fraction of sp³-hybridized carbons (Fsp3) is 0.775. The van der Waals surface area contributed by atoms with Gasteiger partial charge in [0.1, 0.15) is 0 Å². The highest BCUT2D eigenvalue weighted by molar-refractivity contribution is 5.22. The number of nitrogens with zero attached hydrogens (tertiary/aromatic N) is 6. The van der Waals surface area contributed by atoms with Gasteiger partial charge in [-0.15, -0.1) is 0 Å². The number of hydrogen-bond donors (Lipinski definition) is 0. The first-order valence-electron chi connectivity index (χ1n) is 18.9. The average molecular weight is 635 g/mol. The van der Waals surface area contributed by atoms with Gasteiger partial charge in [-0.1, -0.05) is 109 Å². The normalized spacial score (nSPS) is 12.8. The molecule has 6 nitrogen and oxygen atoms in total. The van der Waals surface area contributed by atoms with E-state index in [1.807, 2.05) is 0 Å². The van der Waals surface area contributed by atoms with Gasteiger partial charge in [0, 0.05) is 23.5 Å². The highest BCUT2D eigenvalue weighted by atomic mass is 15.6. The molecule has 6 heteroatoms. The zero-order chi connectivity index (χ0) is 34.2. The largest absolute Gasteiger partial charge is 0.249 e. The molecule has 0 saturated carbocycles. The third kappa shape index (κ3) is 10.1. The van der Waals surface area contributed by atoms with Crippen LogP contribution in [0.5, 0.6) is 0 Å². The smallest absolute Gasteiger partial charge is 0.221 e. The first kappa shape index (κ1) is 38.1. The third-order valence-electron chi connectivity index (χ3n) is 8.59. The summed E-state index contributed by atoms with van der Waals surface area (Å²) in [6.07, 6.45) is 11.5. The topological polar surface area (TPSA) is 53.5 Å². The van der Waals surface area contributed by atoms with Crippen molar-refractivity contribution in [3.05, 3.63) is 52.4 Å². The van der Waals surface area contributed by atoms with E-state index in [9.17, 15) is 0 Å². The second-order valence-electron chi connectivity index (χ2n) is 16.8. The van der Waals surface area contributed by atoms with Crippen LogP contribution in [0.2, 0.25) is 0 Å². The molecule has 3 aromatic rings. The minimum absolute atomic E-state index is 0.508. The Hall–Kier alpha value is -2.37. The molecule has 3 heterocycles. The third-order valence-corrected chi connectivity index (χ3v) is 8.59. The van der Waals surface area contributed by atoms with Crippen molar-refractivity contribution in [2.24, 2.45) is 35.5 Å². The molecular formula is C40H70N6. The molecule has 0 N–H and O–H groups in total. The Morgan fingerprint density at radius 3 is 1.02 bits per heavy atom. The maximum atomic E-state index is 5.60. The van der Waals surface area contributed by atoms with Gasteiger partial charge in [0.25, 0.3) is 0 Å². The summed E-state index contributed by atoms with van der Waals surface area (Å²) in [6, 6.07) is 7.21. The lowest BCUT2D eigenvalue weighted by atomic mass is 10.0. The molecule has 260 valence electrons. The Labute approximate surface area is 283 Å². The Balaban J connectivity index is 2.54. The van der Waals surface area contributed by atoms with Crippen LogP contribution in [0.15, 0.2) is 18.2 Å². The van der Waals surface area contributed by atoms with Crippen molar-refractivity contribution in [1.82, 2.24) is 29.3 Å². The van der Waals surface area contributed by atoms with Gasteiger partial charge in [0.05, 0.1) is 17.1 Å². The molecule has 0 unspecified atom stereocenters. The molecule has 46 heavy (non-hydrogen) atoms. The van der Waals surface area contributed by atoms with E-state index in [-0.39, 0.29) is 0 Å². The summed E-state index contributed by atoms with van der Waals surface area (Å²) in [5.74, 6) is 2.42. The van der Waals surface area contributed by atoms with Gasteiger partial charge in [-0.3, -0.25) is 0 Å². The van der Waals surface area contributed by atoms with Gasteiger partial charge in [-0.2, -0.15) is 15.3 Å². The van der Waals surface area contributed by atoms with E-state index in [1.165, 1.54) is 53.4 Å². The molecule has 0 radical (unpaired) electrons.